The highest BCUT2D eigenvalue weighted by Gasteiger charge is 2.18. The summed E-state index contributed by atoms with van der Waals surface area (Å²) in [5.41, 5.74) is 1.84. The molecule has 3 heteroatoms. The minimum Gasteiger partial charge on any atom is -0.369 e. The van der Waals surface area contributed by atoms with Crippen molar-refractivity contribution in [3.8, 4) is 0 Å². The molecule has 19 heavy (non-hydrogen) atoms. The molecule has 108 valence electrons. The summed E-state index contributed by atoms with van der Waals surface area (Å²) < 4.78 is 14.3. The fraction of sp³-hybridized carbons (Fsp3) is 0.625. The first-order chi connectivity index (χ1) is 9.15. The van der Waals surface area contributed by atoms with Crippen LogP contribution in [0.1, 0.15) is 52.1 Å². The summed E-state index contributed by atoms with van der Waals surface area (Å²) in [4.78, 5) is 2.18. The van der Waals surface area contributed by atoms with E-state index in [0.29, 0.717) is 0 Å². The van der Waals surface area contributed by atoms with Gasteiger partial charge in [-0.2, -0.15) is 0 Å². The summed E-state index contributed by atoms with van der Waals surface area (Å²) in [7, 11) is 0. The average Bonchev–Trinajstić information content (AvgIpc) is 2.38. The normalized spacial score (nSPS) is 12.5. The molecule has 0 bridgehead atoms. The summed E-state index contributed by atoms with van der Waals surface area (Å²) in [6, 6.07) is 5.57. The Morgan fingerprint density at radius 3 is 2.32 bits per heavy atom. The third-order valence-corrected chi connectivity index (χ3v) is 3.30. The highest BCUT2D eigenvalue weighted by molar-refractivity contribution is 5.56. The standard InChI is InChI=1S/C16H27FN2/c1-5-11-19(12-6-2)16-14(13(4)18-7-3)9-8-10-15(16)17/h8-10,13,18H,5-7,11-12H2,1-4H3. The lowest BCUT2D eigenvalue weighted by molar-refractivity contribution is 0.574. The van der Waals surface area contributed by atoms with Crippen molar-refractivity contribution in [2.75, 3.05) is 24.5 Å². The van der Waals surface area contributed by atoms with Crippen LogP contribution in [-0.2, 0) is 0 Å². The third kappa shape index (κ3) is 4.20. The fourth-order valence-corrected chi connectivity index (χ4v) is 2.51. The first-order valence-corrected chi connectivity index (χ1v) is 7.42. The number of benzene rings is 1. The molecule has 0 fully saturated rings. The second-order valence-corrected chi connectivity index (χ2v) is 4.94. The van der Waals surface area contributed by atoms with Gasteiger partial charge < -0.3 is 10.2 Å². The Hall–Kier alpha value is -1.09. The first kappa shape index (κ1) is 16.0. The lowest BCUT2D eigenvalue weighted by atomic mass is 10.0. The van der Waals surface area contributed by atoms with Gasteiger partial charge >= 0.3 is 0 Å². The van der Waals surface area contributed by atoms with Crippen molar-refractivity contribution in [1.29, 1.82) is 0 Å². The second-order valence-electron chi connectivity index (χ2n) is 4.94. The van der Waals surface area contributed by atoms with Crippen molar-refractivity contribution >= 4 is 5.69 Å². The molecule has 0 saturated carbocycles. The molecule has 1 rings (SSSR count). The molecule has 1 aromatic carbocycles. The van der Waals surface area contributed by atoms with Crippen molar-refractivity contribution in [1.82, 2.24) is 5.32 Å². The van der Waals surface area contributed by atoms with Crippen LogP contribution in [0.3, 0.4) is 0 Å². The molecule has 0 aliphatic carbocycles. The van der Waals surface area contributed by atoms with Crippen molar-refractivity contribution in [3.63, 3.8) is 0 Å². The summed E-state index contributed by atoms with van der Waals surface area (Å²) in [6.07, 6.45) is 2.06. The maximum absolute atomic E-state index is 14.3. The van der Waals surface area contributed by atoms with Gasteiger partial charge in [0, 0.05) is 19.1 Å². The van der Waals surface area contributed by atoms with E-state index in [1.165, 1.54) is 0 Å². The van der Waals surface area contributed by atoms with Crippen LogP contribution in [0.4, 0.5) is 10.1 Å². The van der Waals surface area contributed by atoms with Gasteiger partial charge in [0.25, 0.3) is 0 Å². The van der Waals surface area contributed by atoms with Crippen LogP contribution in [0.25, 0.3) is 0 Å². The predicted molar refractivity (Wildman–Crippen MR) is 81.3 cm³/mol. The minimum atomic E-state index is -0.107. The molecule has 1 aromatic rings. The number of halogens is 1. The number of nitrogens with one attached hydrogen (secondary N) is 1. The molecule has 0 heterocycles. The van der Waals surface area contributed by atoms with Gasteiger partial charge in [-0.25, -0.2) is 4.39 Å². The van der Waals surface area contributed by atoms with Crippen LogP contribution in [0, 0.1) is 5.82 Å². The smallest absolute Gasteiger partial charge is 0.146 e. The van der Waals surface area contributed by atoms with E-state index in [1.54, 1.807) is 12.1 Å². The molecule has 0 aromatic heterocycles. The summed E-state index contributed by atoms with van der Waals surface area (Å²) >= 11 is 0. The van der Waals surface area contributed by atoms with Gasteiger partial charge in [-0.3, -0.25) is 0 Å². The van der Waals surface area contributed by atoms with Gasteiger partial charge in [0.2, 0.25) is 0 Å². The van der Waals surface area contributed by atoms with Gasteiger partial charge in [-0.15, -0.1) is 0 Å². The van der Waals surface area contributed by atoms with E-state index in [1.807, 2.05) is 6.07 Å². The number of rotatable bonds is 8. The maximum atomic E-state index is 14.3. The Morgan fingerprint density at radius 1 is 1.16 bits per heavy atom. The average molecular weight is 266 g/mol. The zero-order valence-corrected chi connectivity index (χ0v) is 12.7. The van der Waals surface area contributed by atoms with Gasteiger partial charge in [0.05, 0.1) is 5.69 Å². The molecule has 0 aliphatic heterocycles. The van der Waals surface area contributed by atoms with Crippen LogP contribution < -0.4 is 10.2 Å². The van der Waals surface area contributed by atoms with E-state index < -0.39 is 0 Å². The van der Waals surface area contributed by atoms with Crippen LogP contribution in [0.2, 0.25) is 0 Å². The molecule has 0 radical (unpaired) electrons. The summed E-state index contributed by atoms with van der Waals surface area (Å²) in [6.45, 7) is 11.1. The zero-order chi connectivity index (χ0) is 14.3. The number of hydrogen-bond acceptors (Lipinski definition) is 2. The summed E-state index contributed by atoms with van der Waals surface area (Å²) in [5, 5.41) is 3.38. The Balaban J connectivity index is 3.13. The molecule has 0 spiro atoms. The van der Waals surface area contributed by atoms with E-state index in [9.17, 15) is 4.39 Å². The second kappa shape index (κ2) is 8.16. The Kier molecular flexibility index (Phi) is 6.85. The van der Waals surface area contributed by atoms with E-state index in [-0.39, 0.29) is 11.9 Å². The van der Waals surface area contributed by atoms with Crippen LogP contribution in [0.5, 0.6) is 0 Å². The van der Waals surface area contributed by atoms with Crippen LogP contribution >= 0.6 is 0 Å². The Morgan fingerprint density at radius 2 is 1.79 bits per heavy atom. The lowest BCUT2D eigenvalue weighted by Crippen LogP contribution is -2.29. The van der Waals surface area contributed by atoms with Crippen molar-refractivity contribution in [3.05, 3.63) is 29.6 Å². The molecular weight excluding hydrogens is 239 g/mol. The van der Waals surface area contributed by atoms with E-state index in [4.69, 9.17) is 0 Å². The first-order valence-electron chi connectivity index (χ1n) is 7.42. The molecule has 2 nitrogen and oxygen atoms in total. The van der Waals surface area contributed by atoms with Crippen molar-refractivity contribution in [2.24, 2.45) is 0 Å². The number of nitrogens with zero attached hydrogens (tertiary/aromatic N) is 1. The molecule has 0 amide bonds. The van der Waals surface area contributed by atoms with Crippen molar-refractivity contribution < 1.29 is 4.39 Å². The Bertz CT molecular complexity index is 373. The van der Waals surface area contributed by atoms with Gasteiger partial charge in [-0.05, 0) is 37.9 Å². The molecular formula is C16H27FN2. The third-order valence-electron chi connectivity index (χ3n) is 3.30. The topological polar surface area (TPSA) is 15.3 Å². The molecule has 1 N–H and O–H groups in total. The molecule has 0 saturated heterocycles. The molecule has 0 aliphatic rings. The summed E-state index contributed by atoms with van der Waals surface area (Å²) in [5.74, 6) is -0.107. The molecule has 1 atom stereocenters. The quantitative estimate of drug-likeness (QED) is 0.761. The maximum Gasteiger partial charge on any atom is 0.146 e. The largest absolute Gasteiger partial charge is 0.369 e. The van der Waals surface area contributed by atoms with Crippen molar-refractivity contribution in [2.45, 2.75) is 46.6 Å². The highest BCUT2D eigenvalue weighted by Crippen LogP contribution is 2.29. The minimum absolute atomic E-state index is 0.107. The van der Waals surface area contributed by atoms with Crippen LogP contribution in [-0.4, -0.2) is 19.6 Å². The van der Waals surface area contributed by atoms with Crippen LogP contribution in [0.15, 0.2) is 18.2 Å². The lowest BCUT2D eigenvalue weighted by Gasteiger charge is -2.29. The number of hydrogen-bond donors (Lipinski definition) is 1. The van der Waals surface area contributed by atoms with E-state index >= 15 is 0 Å². The van der Waals surface area contributed by atoms with Gasteiger partial charge in [0.15, 0.2) is 0 Å². The predicted octanol–water partition coefficient (Wildman–Crippen LogP) is 4.12. The monoisotopic (exact) mass is 266 g/mol. The van der Waals surface area contributed by atoms with Gasteiger partial charge in [0.1, 0.15) is 5.82 Å². The molecule has 1 unspecified atom stereocenters. The number of para-hydroxylation sites is 1. The SMILES string of the molecule is CCCN(CCC)c1c(F)cccc1C(C)NCC. The zero-order valence-electron chi connectivity index (χ0n) is 12.7. The van der Waals surface area contributed by atoms with E-state index in [0.717, 1.165) is 43.7 Å². The van der Waals surface area contributed by atoms with E-state index in [2.05, 4.69) is 37.9 Å². The number of anilines is 1. The fourth-order valence-electron chi connectivity index (χ4n) is 2.51. The highest BCUT2D eigenvalue weighted by atomic mass is 19.1. The van der Waals surface area contributed by atoms with Gasteiger partial charge in [-0.1, -0.05) is 32.9 Å². The Labute approximate surface area is 117 Å².